The molecule has 0 N–H and O–H groups in total. The smallest absolute Gasteiger partial charge is 0.326 e. The number of esters is 1. The van der Waals surface area contributed by atoms with Crippen LogP contribution in [0.5, 0.6) is 5.75 Å². The molecular weight excluding hydrogens is 286 g/mol. The normalized spacial score (nSPS) is 13.4. The molecule has 2 rings (SSSR count). The Morgan fingerprint density at radius 1 is 1.32 bits per heavy atom. The lowest BCUT2D eigenvalue weighted by Crippen LogP contribution is -2.42. The number of anilines is 1. The summed E-state index contributed by atoms with van der Waals surface area (Å²) in [6.45, 7) is 3.56. The number of hydrogen-bond donors (Lipinski definition) is 0. The Morgan fingerprint density at radius 2 is 2.09 bits per heavy atom. The second kappa shape index (κ2) is 7.06. The monoisotopic (exact) mass is 305 g/mol. The molecule has 1 aliphatic rings. The topological polar surface area (TPSA) is 72.9 Å². The number of fused-ring (bicyclic) bond motifs is 1. The first-order chi connectivity index (χ1) is 10.6. The maximum Gasteiger partial charge on any atom is 0.326 e. The Balaban J connectivity index is 2.30. The Bertz CT molecular complexity index is 596. The zero-order valence-corrected chi connectivity index (χ0v) is 12.8. The summed E-state index contributed by atoms with van der Waals surface area (Å²) in [5, 5.41) is 0. The minimum atomic E-state index is -0.492. The first kappa shape index (κ1) is 16.0. The van der Waals surface area contributed by atoms with E-state index in [0.717, 1.165) is 6.42 Å². The van der Waals surface area contributed by atoms with Crippen LogP contribution in [-0.4, -0.2) is 37.4 Å². The van der Waals surface area contributed by atoms with Crippen molar-refractivity contribution in [2.45, 2.75) is 26.7 Å². The van der Waals surface area contributed by atoms with E-state index in [1.165, 1.54) is 4.90 Å². The van der Waals surface area contributed by atoms with Gasteiger partial charge >= 0.3 is 5.97 Å². The van der Waals surface area contributed by atoms with Gasteiger partial charge in [-0.05, 0) is 31.5 Å². The molecule has 1 aromatic carbocycles. The second-order valence-electron chi connectivity index (χ2n) is 4.93. The van der Waals surface area contributed by atoms with Crippen molar-refractivity contribution in [3.63, 3.8) is 0 Å². The molecule has 1 aromatic rings. The Labute approximate surface area is 129 Å². The highest BCUT2D eigenvalue weighted by Crippen LogP contribution is 2.33. The number of nitrogens with zero attached hydrogens (tertiary/aromatic N) is 1. The number of Topliss-reactive ketones (excluding diaryl/α,β-unsaturated/α-hetero) is 1. The Hall–Kier alpha value is -2.37. The van der Waals surface area contributed by atoms with Gasteiger partial charge in [0.25, 0.3) is 5.91 Å². The van der Waals surface area contributed by atoms with Crippen molar-refractivity contribution in [2.75, 3.05) is 24.7 Å². The van der Waals surface area contributed by atoms with E-state index in [1.54, 1.807) is 25.1 Å². The summed E-state index contributed by atoms with van der Waals surface area (Å²) in [5.41, 5.74) is 0.944. The first-order valence-corrected chi connectivity index (χ1v) is 7.32. The summed E-state index contributed by atoms with van der Waals surface area (Å²) in [6.07, 6.45) is 1.18. The van der Waals surface area contributed by atoms with Crippen LogP contribution in [0.2, 0.25) is 0 Å². The average Bonchev–Trinajstić information content (AvgIpc) is 2.50. The predicted octanol–water partition coefficient (Wildman–Crippen LogP) is 1.96. The van der Waals surface area contributed by atoms with E-state index >= 15 is 0 Å². The molecule has 0 fully saturated rings. The van der Waals surface area contributed by atoms with Crippen LogP contribution in [-0.2, 0) is 14.3 Å². The SMILES string of the molecule is CCCC(=O)c1ccc2c(c1)N(CC(=O)OCC)C(=O)CO2. The predicted molar refractivity (Wildman–Crippen MR) is 80.2 cm³/mol. The lowest BCUT2D eigenvalue weighted by atomic mass is 10.0. The number of rotatable bonds is 6. The third-order valence-corrected chi connectivity index (χ3v) is 3.29. The lowest BCUT2D eigenvalue weighted by molar-refractivity contribution is -0.142. The minimum Gasteiger partial charge on any atom is -0.482 e. The van der Waals surface area contributed by atoms with Crippen molar-refractivity contribution < 1.29 is 23.9 Å². The standard InChI is InChI=1S/C16H19NO5/c1-3-5-13(18)11-6-7-14-12(8-11)17(15(19)10-22-14)9-16(20)21-4-2/h6-8H,3-5,9-10H2,1-2H3. The Morgan fingerprint density at radius 3 is 2.77 bits per heavy atom. The lowest BCUT2D eigenvalue weighted by Gasteiger charge is -2.28. The molecular formula is C16H19NO5. The molecule has 0 unspecified atom stereocenters. The van der Waals surface area contributed by atoms with Crippen molar-refractivity contribution in [3.8, 4) is 5.75 Å². The number of amides is 1. The number of ketones is 1. The molecule has 0 saturated heterocycles. The highest BCUT2D eigenvalue weighted by atomic mass is 16.5. The molecule has 1 aliphatic heterocycles. The summed E-state index contributed by atoms with van der Waals surface area (Å²) in [4.78, 5) is 37.0. The Kier molecular flexibility index (Phi) is 5.14. The fourth-order valence-corrected chi connectivity index (χ4v) is 2.26. The quantitative estimate of drug-likeness (QED) is 0.593. The summed E-state index contributed by atoms with van der Waals surface area (Å²) >= 11 is 0. The maximum absolute atomic E-state index is 12.0. The molecule has 22 heavy (non-hydrogen) atoms. The molecule has 6 heteroatoms. The van der Waals surface area contributed by atoms with Crippen molar-refractivity contribution in [1.29, 1.82) is 0 Å². The van der Waals surface area contributed by atoms with E-state index in [0.29, 0.717) is 23.4 Å². The summed E-state index contributed by atoms with van der Waals surface area (Å²) in [7, 11) is 0. The molecule has 0 aliphatic carbocycles. The highest BCUT2D eigenvalue weighted by molar-refractivity contribution is 6.04. The summed E-state index contributed by atoms with van der Waals surface area (Å²) < 4.78 is 10.2. The molecule has 0 radical (unpaired) electrons. The number of benzene rings is 1. The molecule has 0 saturated carbocycles. The van der Waals surface area contributed by atoms with Gasteiger partial charge in [0.2, 0.25) is 0 Å². The molecule has 0 spiro atoms. The molecule has 1 amide bonds. The van der Waals surface area contributed by atoms with Crippen LogP contribution in [0.4, 0.5) is 5.69 Å². The van der Waals surface area contributed by atoms with Gasteiger partial charge in [-0.1, -0.05) is 6.92 Å². The second-order valence-corrected chi connectivity index (χ2v) is 4.93. The largest absolute Gasteiger partial charge is 0.482 e. The molecule has 118 valence electrons. The average molecular weight is 305 g/mol. The van der Waals surface area contributed by atoms with E-state index in [1.807, 2.05) is 6.92 Å². The zero-order valence-electron chi connectivity index (χ0n) is 12.8. The van der Waals surface area contributed by atoms with Crippen molar-refractivity contribution >= 4 is 23.3 Å². The van der Waals surface area contributed by atoms with Gasteiger partial charge in [0.1, 0.15) is 12.3 Å². The van der Waals surface area contributed by atoms with Crippen LogP contribution >= 0.6 is 0 Å². The van der Waals surface area contributed by atoms with Crippen molar-refractivity contribution in [3.05, 3.63) is 23.8 Å². The van der Waals surface area contributed by atoms with Gasteiger partial charge in [-0.2, -0.15) is 0 Å². The fourth-order valence-electron chi connectivity index (χ4n) is 2.26. The molecule has 6 nitrogen and oxygen atoms in total. The van der Waals surface area contributed by atoms with E-state index < -0.39 is 5.97 Å². The number of hydrogen-bond acceptors (Lipinski definition) is 5. The van der Waals surface area contributed by atoms with Crippen LogP contribution in [0.25, 0.3) is 0 Å². The van der Waals surface area contributed by atoms with E-state index in [9.17, 15) is 14.4 Å². The minimum absolute atomic E-state index is 0.000549. The fraction of sp³-hybridized carbons (Fsp3) is 0.438. The zero-order chi connectivity index (χ0) is 16.1. The molecule has 0 aromatic heterocycles. The molecule has 1 heterocycles. The molecule has 0 bridgehead atoms. The summed E-state index contributed by atoms with van der Waals surface area (Å²) in [5.74, 6) is -0.342. The van der Waals surface area contributed by atoms with Crippen LogP contribution in [0.3, 0.4) is 0 Å². The van der Waals surface area contributed by atoms with Gasteiger partial charge in [-0.3, -0.25) is 19.3 Å². The van der Waals surface area contributed by atoms with Gasteiger partial charge in [-0.25, -0.2) is 0 Å². The van der Waals surface area contributed by atoms with E-state index in [-0.39, 0.29) is 31.4 Å². The van der Waals surface area contributed by atoms with Crippen LogP contribution < -0.4 is 9.64 Å². The number of ether oxygens (including phenoxy) is 2. The maximum atomic E-state index is 12.0. The van der Waals surface area contributed by atoms with Gasteiger partial charge in [-0.15, -0.1) is 0 Å². The van der Waals surface area contributed by atoms with Crippen LogP contribution in [0.1, 0.15) is 37.0 Å². The van der Waals surface area contributed by atoms with Crippen LogP contribution in [0, 0.1) is 0 Å². The number of carbonyl (C=O) groups is 3. The molecule has 0 atom stereocenters. The van der Waals surface area contributed by atoms with Gasteiger partial charge in [0, 0.05) is 12.0 Å². The van der Waals surface area contributed by atoms with Crippen molar-refractivity contribution in [2.24, 2.45) is 0 Å². The first-order valence-electron chi connectivity index (χ1n) is 7.32. The third-order valence-electron chi connectivity index (χ3n) is 3.29. The van der Waals surface area contributed by atoms with Crippen molar-refractivity contribution in [1.82, 2.24) is 0 Å². The van der Waals surface area contributed by atoms with E-state index in [2.05, 4.69) is 0 Å². The number of carbonyl (C=O) groups excluding carboxylic acids is 3. The third kappa shape index (κ3) is 3.44. The van der Waals surface area contributed by atoms with Gasteiger partial charge < -0.3 is 9.47 Å². The van der Waals surface area contributed by atoms with Gasteiger partial charge in [0.05, 0.1) is 12.3 Å². The highest BCUT2D eigenvalue weighted by Gasteiger charge is 2.28. The summed E-state index contributed by atoms with van der Waals surface area (Å²) in [6, 6.07) is 4.93. The van der Waals surface area contributed by atoms with Crippen LogP contribution in [0.15, 0.2) is 18.2 Å². The van der Waals surface area contributed by atoms with E-state index in [4.69, 9.17) is 9.47 Å². The van der Waals surface area contributed by atoms with Gasteiger partial charge in [0.15, 0.2) is 12.4 Å².